The molecule has 1 unspecified atom stereocenters. The minimum atomic E-state index is -3.64. The van der Waals surface area contributed by atoms with Crippen LogP contribution in [-0.2, 0) is 41.9 Å². The van der Waals surface area contributed by atoms with Gasteiger partial charge >= 0.3 is 11.9 Å². The van der Waals surface area contributed by atoms with Gasteiger partial charge in [-0.2, -0.15) is 15.0 Å². The second-order valence-corrected chi connectivity index (χ2v) is 19.9. The minimum absolute atomic E-state index is 0.141. The number of ether oxygens (including phenoxy) is 7. The largest absolute Gasteiger partial charge is 0.497 e. The number of aromatic nitrogens is 4. The van der Waals surface area contributed by atoms with Gasteiger partial charge in [-0.3, -0.25) is 9.10 Å². The first-order valence-electron chi connectivity index (χ1n) is 23.2. The summed E-state index contributed by atoms with van der Waals surface area (Å²) in [5, 5.41) is 11.1. The van der Waals surface area contributed by atoms with Crippen molar-refractivity contribution in [2.75, 3.05) is 77.8 Å². The Morgan fingerprint density at radius 2 is 1.53 bits per heavy atom. The minimum Gasteiger partial charge on any atom is -0.497 e. The highest BCUT2D eigenvalue weighted by Crippen LogP contribution is 2.48. The van der Waals surface area contributed by atoms with Crippen LogP contribution < -0.4 is 28.2 Å². The van der Waals surface area contributed by atoms with Gasteiger partial charge in [0, 0.05) is 54.6 Å². The molecule has 4 heterocycles. The molecule has 3 aliphatic rings. The van der Waals surface area contributed by atoms with Gasteiger partial charge in [-0.05, 0) is 117 Å². The molecule has 0 radical (unpaired) electrons. The van der Waals surface area contributed by atoms with Crippen LogP contribution in [0.25, 0.3) is 21.9 Å². The fourth-order valence-electron chi connectivity index (χ4n) is 11.1. The number of fused-ring (bicyclic) bond motifs is 6. The Bertz CT molecular complexity index is 3120. The molecule has 1 N–H and O–H groups in total. The summed E-state index contributed by atoms with van der Waals surface area (Å²) in [6.45, 7) is 4.91. The number of H-pyrrole nitrogens is 1. The Balaban J connectivity index is 1.25. The van der Waals surface area contributed by atoms with Crippen molar-refractivity contribution in [1.82, 2.24) is 20.0 Å². The summed E-state index contributed by atoms with van der Waals surface area (Å²) in [6.07, 6.45) is 0.972. The molecule has 0 amide bonds. The standard InChI is InChI=1S/C52H58N6O11S/c1-10-13-33-29(2)41(27-42-34(33)19-21-57(42)70(9,61)62)56-20-18-35-37-25-32(63-3)16-17-38(37)53-48(35)43(58-54-39-14-11-12-15-40(39)55-58)26-36-31(28-56)24-46(50(67-7)47(36)52(60)68-8)69-51(59)30-22-44(64-4)49(66-6)45(23-30)65-5/h11-12,14-17,22-23,25,27,31,36,43,46-47,50,53H,18-21,24,26,28H2,1-9H3/t31-,36+,43?,46-,47+,50+/m1/s1. The van der Waals surface area contributed by atoms with Gasteiger partial charge in [0.15, 0.2) is 11.5 Å². The van der Waals surface area contributed by atoms with Crippen molar-refractivity contribution < 1.29 is 51.2 Å². The fourth-order valence-corrected chi connectivity index (χ4v) is 12.1. The molecule has 0 spiro atoms. The van der Waals surface area contributed by atoms with Crippen LogP contribution in [0.4, 0.5) is 11.4 Å². The summed E-state index contributed by atoms with van der Waals surface area (Å²) in [5.74, 6) is 4.89. The van der Waals surface area contributed by atoms with Crippen molar-refractivity contribution >= 4 is 55.3 Å². The highest BCUT2D eigenvalue weighted by molar-refractivity contribution is 7.92. The molecule has 2 aliphatic heterocycles. The van der Waals surface area contributed by atoms with Crippen LogP contribution in [-0.4, -0.2) is 121 Å². The topological polar surface area (TPSA) is 186 Å². The van der Waals surface area contributed by atoms with Crippen LogP contribution in [0, 0.1) is 36.5 Å². The number of hydrogen-bond donors (Lipinski definition) is 1. The smallest absolute Gasteiger partial charge is 0.338 e. The monoisotopic (exact) mass is 974 g/mol. The van der Waals surface area contributed by atoms with E-state index in [0.29, 0.717) is 67.1 Å². The zero-order chi connectivity index (χ0) is 49.6. The number of nitrogens with zero attached hydrogens (tertiary/aromatic N) is 5. The van der Waals surface area contributed by atoms with Crippen LogP contribution in [0.15, 0.2) is 60.7 Å². The van der Waals surface area contributed by atoms with E-state index in [4.69, 9.17) is 43.4 Å². The van der Waals surface area contributed by atoms with Crippen LogP contribution in [0.3, 0.4) is 0 Å². The van der Waals surface area contributed by atoms with Gasteiger partial charge in [0.25, 0.3) is 0 Å². The number of carbonyl (C=O) groups excluding carboxylic acids is 2. The van der Waals surface area contributed by atoms with Crippen molar-refractivity contribution in [3.63, 3.8) is 0 Å². The van der Waals surface area contributed by atoms with E-state index in [1.165, 1.54) is 58.2 Å². The Hall–Kier alpha value is -6.97. The average molecular weight is 975 g/mol. The van der Waals surface area contributed by atoms with Gasteiger partial charge < -0.3 is 43.0 Å². The molecule has 0 saturated heterocycles. The van der Waals surface area contributed by atoms with Crippen LogP contribution in [0.1, 0.15) is 64.1 Å². The number of carbonyl (C=O) groups is 2. The van der Waals surface area contributed by atoms with Gasteiger partial charge in [-0.25, -0.2) is 13.2 Å². The molecule has 18 heteroatoms. The van der Waals surface area contributed by atoms with Crippen molar-refractivity contribution in [3.8, 4) is 34.8 Å². The molecule has 4 aromatic carbocycles. The Kier molecular flexibility index (Phi) is 13.3. The fraction of sp³-hybridized carbons (Fsp3) is 0.423. The van der Waals surface area contributed by atoms with Crippen LogP contribution in [0.5, 0.6) is 23.0 Å². The van der Waals surface area contributed by atoms with Crippen molar-refractivity contribution in [3.05, 3.63) is 94.2 Å². The third-order valence-electron chi connectivity index (χ3n) is 14.3. The number of aromatic amines is 1. The summed E-state index contributed by atoms with van der Waals surface area (Å²) >= 11 is 0. The lowest BCUT2D eigenvalue weighted by atomic mass is 9.66. The first-order chi connectivity index (χ1) is 33.7. The quantitative estimate of drug-likeness (QED) is 0.107. The van der Waals surface area contributed by atoms with Gasteiger partial charge in [0.2, 0.25) is 15.8 Å². The molecule has 70 heavy (non-hydrogen) atoms. The molecule has 0 bridgehead atoms. The molecule has 9 rings (SSSR count). The second-order valence-electron chi connectivity index (χ2n) is 18.0. The van der Waals surface area contributed by atoms with Crippen LogP contribution in [0.2, 0.25) is 0 Å². The van der Waals surface area contributed by atoms with E-state index in [9.17, 15) is 18.0 Å². The van der Waals surface area contributed by atoms with Crippen molar-refractivity contribution in [2.45, 2.75) is 57.8 Å². The molecule has 1 fully saturated rings. The lowest BCUT2D eigenvalue weighted by Crippen LogP contribution is -2.55. The highest BCUT2D eigenvalue weighted by Gasteiger charge is 2.52. The number of rotatable bonds is 11. The third kappa shape index (κ3) is 8.59. The van der Waals surface area contributed by atoms with Gasteiger partial charge in [-0.1, -0.05) is 18.1 Å². The van der Waals surface area contributed by atoms with E-state index in [-0.39, 0.29) is 29.4 Å². The maximum Gasteiger partial charge on any atom is 0.338 e. The number of hydrogen-bond acceptors (Lipinski definition) is 14. The molecular weight excluding hydrogens is 917 g/mol. The maximum absolute atomic E-state index is 14.7. The van der Waals surface area contributed by atoms with E-state index in [1.807, 2.05) is 55.5 Å². The molecule has 6 atom stereocenters. The molecule has 2 aromatic heterocycles. The molecule has 1 saturated carbocycles. The van der Waals surface area contributed by atoms with E-state index in [1.54, 1.807) is 18.8 Å². The first-order valence-corrected chi connectivity index (χ1v) is 25.0. The summed E-state index contributed by atoms with van der Waals surface area (Å²) in [7, 11) is 5.26. The Morgan fingerprint density at radius 3 is 2.14 bits per heavy atom. The molecule has 17 nitrogen and oxygen atoms in total. The maximum atomic E-state index is 14.7. The number of sulfonamides is 1. The summed E-state index contributed by atoms with van der Waals surface area (Å²) in [6, 6.07) is 18.1. The molecular formula is C52H58N6O11S. The SMILES string of the molecule is CC#Cc1c(C)c(N2CCc3c([nH]c4ccc(OC)cc34)C(n3nc4ccccc4n3)C[C@H]3[C@H](C[C@@H](OC(=O)c4cc(OC)c(OC)c(OC)c4)[C@H](OC)[C@H]3C(=O)OC)C2)cc2c1CCN2S(C)(=O)=O. The number of anilines is 2. The lowest BCUT2D eigenvalue weighted by molar-refractivity contribution is -0.170. The number of nitrogens with one attached hydrogen (secondary N) is 1. The van der Waals surface area contributed by atoms with Gasteiger partial charge in [0.05, 0.1) is 59.0 Å². The molecule has 1 aliphatic carbocycles. The second kappa shape index (κ2) is 19.4. The van der Waals surface area contributed by atoms with E-state index in [0.717, 1.165) is 44.5 Å². The molecule has 368 valence electrons. The lowest BCUT2D eigenvalue weighted by Gasteiger charge is -2.47. The van der Waals surface area contributed by atoms with Gasteiger partial charge in [0.1, 0.15) is 35.0 Å². The van der Waals surface area contributed by atoms with Crippen molar-refractivity contribution in [1.29, 1.82) is 0 Å². The number of methoxy groups -OCH3 is 6. The van der Waals surface area contributed by atoms with Crippen molar-refractivity contribution in [2.24, 2.45) is 17.8 Å². The van der Waals surface area contributed by atoms with E-state index >= 15 is 0 Å². The normalized spacial score (nSPS) is 21.2. The third-order valence-corrected chi connectivity index (χ3v) is 15.5. The van der Waals surface area contributed by atoms with Crippen LogP contribution >= 0.6 is 0 Å². The predicted octanol–water partition coefficient (Wildman–Crippen LogP) is 6.66. The highest BCUT2D eigenvalue weighted by atomic mass is 32.2. The summed E-state index contributed by atoms with van der Waals surface area (Å²) < 4.78 is 69.0. The van der Waals surface area contributed by atoms with E-state index < -0.39 is 52.0 Å². The predicted molar refractivity (Wildman–Crippen MR) is 264 cm³/mol. The zero-order valence-corrected chi connectivity index (χ0v) is 41.6. The number of benzene rings is 4. The Morgan fingerprint density at radius 1 is 0.829 bits per heavy atom. The zero-order valence-electron chi connectivity index (χ0n) is 40.8. The Labute approximate surface area is 407 Å². The number of esters is 2. The van der Waals surface area contributed by atoms with E-state index in [2.05, 4.69) is 21.7 Å². The average Bonchev–Trinajstić information content (AvgIpc) is 4.10. The summed E-state index contributed by atoms with van der Waals surface area (Å²) in [4.78, 5) is 36.9. The van der Waals surface area contributed by atoms with Gasteiger partial charge in [-0.15, -0.1) is 5.92 Å². The first kappa shape index (κ1) is 48.1. The summed E-state index contributed by atoms with van der Waals surface area (Å²) in [5.41, 5.74) is 8.31. The molecule has 6 aromatic rings.